The van der Waals surface area contributed by atoms with Crippen molar-refractivity contribution >= 4 is 23.4 Å². The highest BCUT2D eigenvalue weighted by Crippen LogP contribution is 2.20. The second kappa shape index (κ2) is 9.21. The van der Waals surface area contributed by atoms with Gasteiger partial charge >= 0.3 is 5.97 Å². The number of rotatable bonds is 9. The van der Waals surface area contributed by atoms with Gasteiger partial charge in [0.1, 0.15) is 0 Å². The minimum Gasteiger partial charge on any atom is -0.478 e. The number of hydrogen-bond acceptors (Lipinski definition) is 2. The van der Waals surface area contributed by atoms with Gasteiger partial charge in [-0.05, 0) is 49.5 Å². The van der Waals surface area contributed by atoms with E-state index in [1.807, 2.05) is 6.07 Å². The van der Waals surface area contributed by atoms with Gasteiger partial charge in [0.25, 0.3) is 0 Å². The summed E-state index contributed by atoms with van der Waals surface area (Å²) in [5.74, 6) is -0.895. The van der Waals surface area contributed by atoms with E-state index >= 15 is 0 Å². The van der Waals surface area contributed by atoms with Crippen molar-refractivity contribution in [3.8, 4) is 0 Å². The molecule has 1 aromatic heterocycles. The zero-order valence-corrected chi connectivity index (χ0v) is 13.5. The summed E-state index contributed by atoms with van der Waals surface area (Å²) in [5.41, 5.74) is 1.43. The zero-order chi connectivity index (χ0) is 15.6. The molecule has 116 valence electrons. The summed E-state index contributed by atoms with van der Waals surface area (Å²) < 4.78 is 0. The number of aliphatic carboxylic acids is 1. The molecule has 0 saturated heterocycles. The highest BCUT2D eigenvalue weighted by Gasteiger charge is 1.99. The SMILES string of the molecule is O=C(O)C=Cc1ccc(CCCCCCc2ccccc2)s1. The average molecular weight is 314 g/mol. The van der Waals surface area contributed by atoms with Gasteiger partial charge in [-0.1, -0.05) is 43.2 Å². The van der Waals surface area contributed by atoms with Crippen molar-refractivity contribution < 1.29 is 9.90 Å². The minimum absolute atomic E-state index is 0.895. The molecule has 0 aliphatic heterocycles. The number of unbranched alkanes of at least 4 members (excludes halogenated alkanes) is 3. The molecule has 0 saturated carbocycles. The summed E-state index contributed by atoms with van der Waals surface area (Å²) in [6, 6.07) is 14.7. The first kappa shape index (κ1) is 16.5. The van der Waals surface area contributed by atoms with Crippen LogP contribution in [0.15, 0.2) is 48.5 Å². The number of thiophene rings is 1. The lowest BCUT2D eigenvalue weighted by Gasteiger charge is -2.01. The standard InChI is InChI=1S/C19H22O2S/c20-19(21)15-14-18-13-12-17(22-18)11-7-2-1-4-8-16-9-5-3-6-10-16/h3,5-6,9-10,12-15H,1-2,4,7-8,11H2,(H,20,21). The first-order valence-corrected chi connectivity index (χ1v) is 8.59. The third-order valence-corrected chi connectivity index (χ3v) is 4.66. The lowest BCUT2D eigenvalue weighted by molar-refractivity contribution is -0.131. The van der Waals surface area contributed by atoms with E-state index in [2.05, 4.69) is 36.4 Å². The van der Waals surface area contributed by atoms with Crippen LogP contribution in [0.2, 0.25) is 0 Å². The molecule has 0 unspecified atom stereocenters. The fourth-order valence-corrected chi connectivity index (χ4v) is 3.36. The van der Waals surface area contributed by atoms with E-state index < -0.39 is 5.97 Å². The van der Waals surface area contributed by atoms with Crippen molar-refractivity contribution in [2.24, 2.45) is 0 Å². The largest absolute Gasteiger partial charge is 0.478 e. The van der Waals surface area contributed by atoms with Gasteiger partial charge in [-0.3, -0.25) is 0 Å². The fourth-order valence-electron chi connectivity index (χ4n) is 2.40. The summed E-state index contributed by atoms with van der Waals surface area (Å²) >= 11 is 1.69. The van der Waals surface area contributed by atoms with Crippen LogP contribution in [-0.4, -0.2) is 11.1 Å². The molecule has 0 spiro atoms. The maximum absolute atomic E-state index is 10.5. The molecular formula is C19H22O2S. The van der Waals surface area contributed by atoms with E-state index in [4.69, 9.17) is 5.11 Å². The fraction of sp³-hybridized carbons (Fsp3) is 0.316. The molecule has 0 radical (unpaired) electrons. The quantitative estimate of drug-likeness (QED) is 0.511. The third kappa shape index (κ3) is 6.27. The van der Waals surface area contributed by atoms with Gasteiger partial charge in [-0.2, -0.15) is 0 Å². The first-order valence-electron chi connectivity index (χ1n) is 7.78. The number of benzene rings is 1. The predicted molar refractivity (Wildman–Crippen MR) is 93.3 cm³/mol. The van der Waals surface area contributed by atoms with Crippen LogP contribution in [0.25, 0.3) is 6.08 Å². The van der Waals surface area contributed by atoms with E-state index in [-0.39, 0.29) is 0 Å². The molecule has 1 N–H and O–H groups in total. The highest BCUT2D eigenvalue weighted by molar-refractivity contribution is 7.12. The maximum atomic E-state index is 10.5. The van der Waals surface area contributed by atoms with Crippen LogP contribution in [0.3, 0.4) is 0 Å². The van der Waals surface area contributed by atoms with Crippen LogP contribution < -0.4 is 0 Å². The van der Waals surface area contributed by atoms with Crippen molar-refractivity contribution in [1.82, 2.24) is 0 Å². The van der Waals surface area contributed by atoms with Gasteiger partial charge in [0.05, 0.1) is 0 Å². The molecule has 2 nitrogen and oxygen atoms in total. The zero-order valence-electron chi connectivity index (χ0n) is 12.7. The van der Waals surface area contributed by atoms with Crippen LogP contribution >= 0.6 is 11.3 Å². The van der Waals surface area contributed by atoms with Crippen LogP contribution in [0.1, 0.15) is 41.0 Å². The number of carboxylic acid groups (broad SMARTS) is 1. The van der Waals surface area contributed by atoms with Gasteiger partial charge in [0, 0.05) is 15.8 Å². The molecule has 0 bridgehead atoms. The summed E-state index contributed by atoms with van der Waals surface area (Å²) in [4.78, 5) is 12.8. The molecular weight excluding hydrogens is 292 g/mol. The predicted octanol–water partition coefficient (Wildman–Crippen LogP) is 5.19. The average Bonchev–Trinajstić information content (AvgIpc) is 2.97. The van der Waals surface area contributed by atoms with Crippen LogP contribution in [0.5, 0.6) is 0 Å². The van der Waals surface area contributed by atoms with E-state index in [1.54, 1.807) is 17.4 Å². The molecule has 0 fully saturated rings. The van der Waals surface area contributed by atoms with E-state index in [0.717, 1.165) is 11.3 Å². The summed E-state index contributed by atoms with van der Waals surface area (Å²) in [5, 5.41) is 8.61. The van der Waals surface area contributed by atoms with Gasteiger partial charge in [0.2, 0.25) is 0 Å². The molecule has 1 heterocycles. The van der Waals surface area contributed by atoms with Crippen molar-refractivity contribution in [3.05, 3.63) is 63.9 Å². The summed E-state index contributed by atoms with van der Waals surface area (Å²) in [6.07, 6.45) is 10.1. The molecule has 3 heteroatoms. The number of carbonyl (C=O) groups is 1. The topological polar surface area (TPSA) is 37.3 Å². The number of aryl methyl sites for hydroxylation is 2. The Morgan fingerprint density at radius 3 is 2.41 bits per heavy atom. The van der Waals surface area contributed by atoms with E-state index in [9.17, 15) is 4.79 Å². The molecule has 0 aliphatic rings. The van der Waals surface area contributed by atoms with Gasteiger partial charge in [-0.25, -0.2) is 4.79 Å². The van der Waals surface area contributed by atoms with Crippen LogP contribution in [0.4, 0.5) is 0 Å². The second-order valence-corrected chi connectivity index (χ2v) is 6.58. The molecule has 0 atom stereocenters. The van der Waals surface area contributed by atoms with Crippen molar-refractivity contribution in [2.45, 2.75) is 38.5 Å². The molecule has 1 aromatic carbocycles. The second-order valence-electron chi connectivity index (χ2n) is 5.38. The van der Waals surface area contributed by atoms with Crippen molar-refractivity contribution in [3.63, 3.8) is 0 Å². The Morgan fingerprint density at radius 1 is 0.955 bits per heavy atom. The summed E-state index contributed by atoms with van der Waals surface area (Å²) in [7, 11) is 0. The maximum Gasteiger partial charge on any atom is 0.328 e. The Labute approximate surface area is 136 Å². The molecule has 2 aromatic rings. The van der Waals surface area contributed by atoms with Gasteiger partial charge in [-0.15, -0.1) is 11.3 Å². The molecule has 22 heavy (non-hydrogen) atoms. The lowest BCUT2D eigenvalue weighted by atomic mass is 10.1. The molecule has 2 rings (SSSR count). The Balaban J connectivity index is 1.60. The van der Waals surface area contributed by atoms with Crippen molar-refractivity contribution in [1.29, 1.82) is 0 Å². The van der Waals surface area contributed by atoms with E-state index in [0.29, 0.717) is 0 Å². The monoisotopic (exact) mass is 314 g/mol. The van der Waals surface area contributed by atoms with E-state index in [1.165, 1.54) is 48.6 Å². The lowest BCUT2D eigenvalue weighted by Crippen LogP contribution is -1.86. The van der Waals surface area contributed by atoms with Gasteiger partial charge in [0.15, 0.2) is 0 Å². The first-order chi connectivity index (χ1) is 10.7. The highest BCUT2D eigenvalue weighted by atomic mass is 32.1. The molecule has 0 aliphatic carbocycles. The minimum atomic E-state index is -0.895. The number of carboxylic acids is 1. The van der Waals surface area contributed by atoms with Gasteiger partial charge < -0.3 is 5.11 Å². The molecule has 0 amide bonds. The Hall–Kier alpha value is -1.87. The third-order valence-electron chi connectivity index (χ3n) is 3.55. The Bertz CT molecular complexity index is 599. The van der Waals surface area contributed by atoms with Crippen molar-refractivity contribution in [2.75, 3.05) is 0 Å². The van der Waals surface area contributed by atoms with Crippen LogP contribution in [-0.2, 0) is 17.6 Å². The number of hydrogen-bond donors (Lipinski definition) is 1. The Morgan fingerprint density at radius 2 is 1.68 bits per heavy atom. The normalized spacial score (nSPS) is 11.1. The van der Waals surface area contributed by atoms with Crippen LogP contribution in [0, 0.1) is 0 Å². The smallest absolute Gasteiger partial charge is 0.328 e. The summed E-state index contributed by atoms with van der Waals surface area (Å²) in [6.45, 7) is 0. The Kier molecular flexibility index (Phi) is 6.91.